The third-order valence-corrected chi connectivity index (χ3v) is 4.95. The molecular formula is C20H42N6O3. The number of nitrogens with one attached hydrogen (secondary N) is 3. The second-order valence-corrected chi connectivity index (χ2v) is 7.43. The minimum atomic E-state index is -0.698. The first-order chi connectivity index (χ1) is 13.9. The summed E-state index contributed by atoms with van der Waals surface area (Å²) in [4.78, 5) is 37.4. The zero-order valence-corrected chi connectivity index (χ0v) is 18.2. The average Bonchev–Trinajstić information content (AvgIpc) is 2.69. The number of nitrogens with two attached hydrogens (primary N) is 3. The van der Waals surface area contributed by atoms with Gasteiger partial charge in [-0.1, -0.05) is 6.42 Å². The Morgan fingerprint density at radius 2 is 1.03 bits per heavy atom. The van der Waals surface area contributed by atoms with Gasteiger partial charge >= 0.3 is 0 Å². The van der Waals surface area contributed by atoms with Crippen LogP contribution in [0.5, 0.6) is 0 Å². The Labute approximate surface area is 175 Å². The lowest BCUT2D eigenvalue weighted by molar-refractivity contribution is -0.132. The molecule has 0 aromatic heterocycles. The SMILES string of the molecule is CNC(CCCCN)C(=O)N[C@@H](CCCCN)C(=O)N[C@H](CCCCN)C(C)=O. The molecule has 0 fully saturated rings. The minimum Gasteiger partial charge on any atom is -0.345 e. The van der Waals surface area contributed by atoms with E-state index in [1.807, 2.05) is 0 Å². The molecule has 170 valence electrons. The number of ketones is 1. The van der Waals surface area contributed by atoms with Crippen molar-refractivity contribution in [1.82, 2.24) is 16.0 Å². The average molecular weight is 415 g/mol. The molecule has 0 aliphatic carbocycles. The Morgan fingerprint density at radius 3 is 1.45 bits per heavy atom. The van der Waals surface area contributed by atoms with Crippen LogP contribution in [0, 0.1) is 0 Å². The smallest absolute Gasteiger partial charge is 0.243 e. The summed E-state index contributed by atoms with van der Waals surface area (Å²) >= 11 is 0. The summed E-state index contributed by atoms with van der Waals surface area (Å²) in [5.74, 6) is -0.655. The molecule has 0 saturated carbocycles. The van der Waals surface area contributed by atoms with Crippen LogP contribution in [0.3, 0.4) is 0 Å². The van der Waals surface area contributed by atoms with E-state index in [9.17, 15) is 14.4 Å². The fourth-order valence-corrected chi connectivity index (χ4v) is 3.08. The maximum absolute atomic E-state index is 12.8. The van der Waals surface area contributed by atoms with Gasteiger partial charge in [-0.2, -0.15) is 0 Å². The number of hydrogen-bond donors (Lipinski definition) is 6. The number of rotatable bonds is 18. The molecule has 0 aliphatic heterocycles. The van der Waals surface area contributed by atoms with Crippen molar-refractivity contribution in [3.8, 4) is 0 Å². The van der Waals surface area contributed by atoms with Crippen LogP contribution in [0.15, 0.2) is 0 Å². The van der Waals surface area contributed by atoms with E-state index >= 15 is 0 Å². The number of unbranched alkanes of at least 4 members (excludes halogenated alkanes) is 3. The van der Waals surface area contributed by atoms with E-state index in [0.717, 1.165) is 32.1 Å². The number of likely N-dealkylation sites (N-methyl/N-ethyl adjacent to an activating group) is 1. The van der Waals surface area contributed by atoms with Crippen molar-refractivity contribution in [3.63, 3.8) is 0 Å². The van der Waals surface area contributed by atoms with Crippen LogP contribution >= 0.6 is 0 Å². The number of carbonyl (C=O) groups excluding carboxylic acids is 3. The molecular weight excluding hydrogens is 372 g/mol. The fraction of sp³-hybridized carbons (Fsp3) is 0.850. The Morgan fingerprint density at radius 1 is 0.655 bits per heavy atom. The summed E-state index contributed by atoms with van der Waals surface area (Å²) in [6.45, 7) is 3.12. The van der Waals surface area contributed by atoms with Crippen molar-refractivity contribution in [2.45, 2.75) is 82.8 Å². The fourth-order valence-electron chi connectivity index (χ4n) is 3.08. The molecule has 0 heterocycles. The maximum atomic E-state index is 12.8. The predicted octanol–water partition coefficient (Wildman–Crippen LogP) is -0.480. The Kier molecular flexibility index (Phi) is 16.4. The molecule has 0 radical (unpaired) electrons. The van der Waals surface area contributed by atoms with E-state index in [1.54, 1.807) is 7.05 Å². The molecule has 29 heavy (non-hydrogen) atoms. The van der Waals surface area contributed by atoms with Gasteiger partial charge in [-0.25, -0.2) is 0 Å². The first-order valence-corrected chi connectivity index (χ1v) is 10.8. The number of carbonyl (C=O) groups is 3. The largest absolute Gasteiger partial charge is 0.345 e. The molecule has 9 heteroatoms. The normalized spacial score (nSPS) is 14.1. The standard InChI is InChI=1S/C20H42N6O3/c1-15(27)16(9-3-6-12-21)25-20(29)18(11-5-8-14-23)26-19(28)17(24-2)10-4-7-13-22/h16-18,24H,3-14,21-23H2,1-2H3,(H,25,29)(H,26,28)/t16-,17?,18+/m1/s1. The highest BCUT2D eigenvalue weighted by Gasteiger charge is 2.27. The molecule has 9 N–H and O–H groups in total. The van der Waals surface area contributed by atoms with Crippen molar-refractivity contribution in [2.24, 2.45) is 17.2 Å². The zero-order valence-electron chi connectivity index (χ0n) is 18.2. The zero-order chi connectivity index (χ0) is 22.1. The minimum absolute atomic E-state index is 0.0997. The molecule has 2 amide bonds. The summed E-state index contributed by atoms with van der Waals surface area (Å²) in [7, 11) is 1.72. The van der Waals surface area contributed by atoms with Gasteiger partial charge in [-0.05, 0) is 85.0 Å². The number of amides is 2. The van der Waals surface area contributed by atoms with E-state index in [0.29, 0.717) is 45.3 Å². The summed E-state index contributed by atoms with van der Waals surface area (Å²) in [6, 6.07) is -1.65. The molecule has 0 aliphatic rings. The van der Waals surface area contributed by atoms with E-state index in [2.05, 4.69) is 16.0 Å². The van der Waals surface area contributed by atoms with Gasteiger partial charge in [0.05, 0.1) is 12.1 Å². The lowest BCUT2D eigenvalue weighted by atomic mass is 10.0. The molecule has 0 aromatic rings. The van der Waals surface area contributed by atoms with Crippen LogP contribution in [-0.4, -0.2) is 62.4 Å². The van der Waals surface area contributed by atoms with Crippen molar-refractivity contribution in [2.75, 3.05) is 26.7 Å². The molecule has 0 saturated heterocycles. The molecule has 0 spiro atoms. The number of hydrogen-bond acceptors (Lipinski definition) is 7. The summed E-state index contributed by atoms with van der Waals surface area (Å²) in [6.07, 6.45) is 6.36. The lowest BCUT2D eigenvalue weighted by Crippen LogP contribution is -2.54. The van der Waals surface area contributed by atoms with Gasteiger partial charge in [0, 0.05) is 0 Å². The van der Waals surface area contributed by atoms with Gasteiger partial charge < -0.3 is 33.2 Å². The van der Waals surface area contributed by atoms with Crippen LogP contribution in [0.4, 0.5) is 0 Å². The molecule has 0 aromatic carbocycles. The highest BCUT2D eigenvalue weighted by atomic mass is 16.2. The molecule has 1 unspecified atom stereocenters. The van der Waals surface area contributed by atoms with Crippen LogP contribution in [0.25, 0.3) is 0 Å². The topological polar surface area (TPSA) is 165 Å². The first-order valence-electron chi connectivity index (χ1n) is 10.8. The van der Waals surface area contributed by atoms with Crippen LogP contribution in [-0.2, 0) is 14.4 Å². The Bertz CT molecular complexity index is 475. The third kappa shape index (κ3) is 12.6. The van der Waals surface area contributed by atoms with Crippen LogP contribution < -0.4 is 33.2 Å². The Balaban J connectivity index is 4.99. The molecule has 0 rings (SSSR count). The van der Waals surface area contributed by atoms with Gasteiger partial charge in [0.1, 0.15) is 6.04 Å². The molecule has 9 nitrogen and oxygen atoms in total. The second kappa shape index (κ2) is 17.3. The highest BCUT2D eigenvalue weighted by molar-refractivity contribution is 5.92. The predicted molar refractivity (Wildman–Crippen MR) is 116 cm³/mol. The van der Waals surface area contributed by atoms with E-state index in [-0.39, 0.29) is 23.6 Å². The van der Waals surface area contributed by atoms with Crippen molar-refractivity contribution < 1.29 is 14.4 Å². The van der Waals surface area contributed by atoms with E-state index in [4.69, 9.17) is 17.2 Å². The van der Waals surface area contributed by atoms with Crippen LogP contribution in [0.1, 0.15) is 64.7 Å². The van der Waals surface area contributed by atoms with E-state index in [1.165, 1.54) is 6.92 Å². The molecule has 3 atom stereocenters. The highest BCUT2D eigenvalue weighted by Crippen LogP contribution is 2.07. The summed E-state index contributed by atoms with van der Waals surface area (Å²) in [5.41, 5.74) is 16.6. The summed E-state index contributed by atoms with van der Waals surface area (Å²) in [5, 5.41) is 8.65. The van der Waals surface area contributed by atoms with E-state index < -0.39 is 12.1 Å². The van der Waals surface area contributed by atoms with Crippen molar-refractivity contribution >= 4 is 17.6 Å². The summed E-state index contributed by atoms with van der Waals surface area (Å²) < 4.78 is 0. The maximum Gasteiger partial charge on any atom is 0.243 e. The van der Waals surface area contributed by atoms with Gasteiger partial charge in [-0.3, -0.25) is 14.4 Å². The van der Waals surface area contributed by atoms with Gasteiger partial charge in [0.2, 0.25) is 11.8 Å². The lowest BCUT2D eigenvalue weighted by Gasteiger charge is -2.24. The van der Waals surface area contributed by atoms with Crippen LogP contribution in [0.2, 0.25) is 0 Å². The van der Waals surface area contributed by atoms with Crippen molar-refractivity contribution in [3.05, 3.63) is 0 Å². The number of Topliss-reactive ketones (excluding diaryl/α,β-unsaturated/α-hetero) is 1. The van der Waals surface area contributed by atoms with Gasteiger partial charge in [0.15, 0.2) is 5.78 Å². The molecule has 0 bridgehead atoms. The Hall–Kier alpha value is -1.55. The first kappa shape index (κ1) is 27.5. The quantitative estimate of drug-likeness (QED) is 0.165. The third-order valence-electron chi connectivity index (χ3n) is 4.95. The van der Waals surface area contributed by atoms with Crippen molar-refractivity contribution in [1.29, 1.82) is 0 Å². The van der Waals surface area contributed by atoms with Gasteiger partial charge in [0.25, 0.3) is 0 Å². The van der Waals surface area contributed by atoms with Gasteiger partial charge in [-0.15, -0.1) is 0 Å². The second-order valence-electron chi connectivity index (χ2n) is 7.43. The monoisotopic (exact) mass is 414 g/mol.